The van der Waals surface area contributed by atoms with Gasteiger partial charge < -0.3 is 15.3 Å². The Bertz CT molecular complexity index is 498. The molecule has 1 rings (SSSR count). The quantitative estimate of drug-likeness (QED) is 0.831. The number of carbonyl (C=O) groups excluding carboxylic acids is 2. The van der Waals surface area contributed by atoms with Gasteiger partial charge in [-0.25, -0.2) is 0 Å². The number of nitrogens with zero attached hydrogens (tertiary/aromatic N) is 1. The molecule has 5 nitrogen and oxygen atoms in total. The highest BCUT2D eigenvalue weighted by atomic mass is 16.3. The van der Waals surface area contributed by atoms with Crippen LogP contribution >= 0.6 is 0 Å². The number of benzene rings is 1. The van der Waals surface area contributed by atoms with Crippen molar-refractivity contribution < 1.29 is 14.7 Å². The molecule has 0 bridgehead atoms. The number of hydrogen-bond acceptors (Lipinski definition) is 3. The lowest BCUT2D eigenvalue weighted by Gasteiger charge is -2.28. The third-order valence-electron chi connectivity index (χ3n) is 3.19. The highest BCUT2D eigenvalue weighted by molar-refractivity contribution is 5.97. The van der Waals surface area contributed by atoms with E-state index in [-0.39, 0.29) is 30.9 Å². The van der Waals surface area contributed by atoms with Crippen molar-refractivity contribution in [3.05, 3.63) is 35.4 Å². The van der Waals surface area contributed by atoms with Gasteiger partial charge >= 0.3 is 0 Å². The predicted molar refractivity (Wildman–Crippen MR) is 82.0 cm³/mol. The van der Waals surface area contributed by atoms with Gasteiger partial charge in [-0.15, -0.1) is 0 Å². The average Bonchev–Trinajstić information content (AvgIpc) is 2.41. The van der Waals surface area contributed by atoms with E-state index < -0.39 is 6.10 Å². The first kappa shape index (κ1) is 17.2. The van der Waals surface area contributed by atoms with E-state index in [1.165, 1.54) is 0 Å². The Morgan fingerprint density at radius 2 is 1.86 bits per heavy atom. The molecule has 0 aliphatic carbocycles. The maximum Gasteiger partial charge on any atom is 0.251 e. The molecule has 1 atom stereocenters. The zero-order valence-electron chi connectivity index (χ0n) is 13.1. The van der Waals surface area contributed by atoms with E-state index in [1.807, 2.05) is 32.9 Å². The van der Waals surface area contributed by atoms with Gasteiger partial charge in [0, 0.05) is 18.2 Å². The SMILES string of the molecule is Cc1ccccc1C(=O)NCC(=O)N(CC(C)O)C(C)C. The molecule has 0 saturated carbocycles. The topological polar surface area (TPSA) is 69.6 Å². The molecular weight excluding hydrogens is 268 g/mol. The second kappa shape index (κ2) is 7.78. The van der Waals surface area contributed by atoms with Gasteiger partial charge in [0.15, 0.2) is 0 Å². The number of hydrogen-bond donors (Lipinski definition) is 2. The van der Waals surface area contributed by atoms with Gasteiger partial charge in [-0.05, 0) is 39.3 Å². The molecule has 0 heterocycles. The second-order valence-electron chi connectivity index (χ2n) is 5.49. The zero-order chi connectivity index (χ0) is 16.0. The minimum Gasteiger partial charge on any atom is -0.392 e. The summed E-state index contributed by atoms with van der Waals surface area (Å²) < 4.78 is 0. The van der Waals surface area contributed by atoms with Gasteiger partial charge in [-0.3, -0.25) is 9.59 Å². The first-order valence-corrected chi connectivity index (χ1v) is 7.14. The van der Waals surface area contributed by atoms with E-state index in [9.17, 15) is 14.7 Å². The number of aliphatic hydroxyl groups excluding tert-OH is 1. The maximum absolute atomic E-state index is 12.1. The third-order valence-corrected chi connectivity index (χ3v) is 3.19. The van der Waals surface area contributed by atoms with Crippen LogP contribution in [0.2, 0.25) is 0 Å². The third kappa shape index (κ3) is 5.19. The zero-order valence-corrected chi connectivity index (χ0v) is 13.1. The van der Waals surface area contributed by atoms with Crippen molar-refractivity contribution in [1.82, 2.24) is 10.2 Å². The molecule has 5 heteroatoms. The summed E-state index contributed by atoms with van der Waals surface area (Å²) in [5, 5.41) is 12.1. The van der Waals surface area contributed by atoms with Crippen LogP contribution in [0.25, 0.3) is 0 Å². The molecule has 0 aromatic heterocycles. The number of aliphatic hydroxyl groups is 1. The predicted octanol–water partition coefficient (Wildman–Crippen LogP) is 1.34. The van der Waals surface area contributed by atoms with Crippen LogP contribution in [-0.2, 0) is 4.79 Å². The summed E-state index contributed by atoms with van der Waals surface area (Å²) in [5.74, 6) is -0.463. The lowest BCUT2D eigenvalue weighted by Crippen LogP contribution is -2.46. The summed E-state index contributed by atoms with van der Waals surface area (Å²) in [6, 6.07) is 7.20. The minimum atomic E-state index is -0.594. The fraction of sp³-hybridized carbons (Fsp3) is 0.500. The summed E-state index contributed by atoms with van der Waals surface area (Å²) in [4.78, 5) is 25.8. The van der Waals surface area contributed by atoms with Crippen molar-refractivity contribution in [2.24, 2.45) is 0 Å². The van der Waals surface area contributed by atoms with E-state index in [0.29, 0.717) is 5.56 Å². The summed E-state index contributed by atoms with van der Waals surface area (Å²) in [5.41, 5.74) is 1.43. The van der Waals surface area contributed by atoms with Crippen molar-refractivity contribution in [3.8, 4) is 0 Å². The monoisotopic (exact) mass is 292 g/mol. The second-order valence-corrected chi connectivity index (χ2v) is 5.49. The van der Waals surface area contributed by atoms with Crippen LogP contribution in [0.15, 0.2) is 24.3 Å². The van der Waals surface area contributed by atoms with Gasteiger partial charge in [-0.1, -0.05) is 18.2 Å². The van der Waals surface area contributed by atoms with Crippen LogP contribution in [0.5, 0.6) is 0 Å². The smallest absolute Gasteiger partial charge is 0.251 e. The van der Waals surface area contributed by atoms with E-state index in [1.54, 1.807) is 24.0 Å². The normalized spacial score (nSPS) is 12.1. The van der Waals surface area contributed by atoms with Crippen LogP contribution in [0.1, 0.15) is 36.7 Å². The van der Waals surface area contributed by atoms with Gasteiger partial charge in [-0.2, -0.15) is 0 Å². The first-order chi connectivity index (χ1) is 9.82. The molecule has 1 unspecified atom stereocenters. The molecule has 1 aromatic rings. The molecule has 0 fully saturated rings. The Balaban J connectivity index is 2.63. The van der Waals surface area contributed by atoms with Gasteiger partial charge in [0.2, 0.25) is 5.91 Å². The number of nitrogens with one attached hydrogen (secondary N) is 1. The van der Waals surface area contributed by atoms with Gasteiger partial charge in [0.1, 0.15) is 0 Å². The van der Waals surface area contributed by atoms with Crippen LogP contribution in [0.3, 0.4) is 0 Å². The van der Waals surface area contributed by atoms with Crippen molar-refractivity contribution in [3.63, 3.8) is 0 Å². The Morgan fingerprint density at radius 1 is 1.24 bits per heavy atom. The molecule has 2 N–H and O–H groups in total. The summed E-state index contributed by atoms with van der Waals surface area (Å²) >= 11 is 0. The maximum atomic E-state index is 12.1. The van der Waals surface area contributed by atoms with Gasteiger partial charge in [0.05, 0.1) is 12.6 Å². The molecule has 2 amide bonds. The fourth-order valence-corrected chi connectivity index (χ4v) is 2.07. The molecule has 1 aromatic carbocycles. The largest absolute Gasteiger partial charge is 0.392 e. The highest BCUT2D eigenvalue weighted by Gasteiger charge is 2.19. The van der Waals surface area contributed by atoms with E-state index in [2.05, 4.69) is 5.32 Å². The Kier molecular flexibility index (Phi) is 6.37. The van der Waals surface area contributed by atoms with Crippen LogP contribution in [0, 0.1) is 6.92 Å². The van der Waals surface area contributed by atoms with Crippen LogP contribution in [0.4, 0.5) is 0 Å². The lowest BCUT2D eigenvalue weighted by atomic mass is 10.1. The number of carbonyl (C=O) groups is 2. The molecule has 21 heavy (non-hydrogen) atoms. The standard InChI is InChI=1S/C16H24N2O3/c1-11(2)18(10-13(4)19)15(20)9-17-16(21)14-8-6-5-7-12(14)3/h5-8,11,13,19H,9-10H2,1-4H3,(H,17,21). The van der Waals surface area contributed by atoms with Crippen molar-refractivity contribution in [1.29, 1.82) is 0 Å². The van der Waals surface area contributed by atoms with Crippen LogP contribution < -0.4 is 5.32 Å². The molecule has 0 aliphatic heterocycles. The van der Waals surface area contributed by atoms with Gasteiger partial charge in [0.25, 0.3) is 5.91 Å². The molecular formula is C16H24N2O3. The summed E-state index contributed by atoms with van der Waals surface area (Å²) in [6.07, 6.45) is -0.594. The first-order valence-electron chi connectivity index (χ1n) is 7.14. The molecule has 0 aliphatic rings. The molecule has 116 valence electrons. The molecule has 0 spiro atoms. The lowest BCUT2D eigenvalue weighted by molar-refractivity contribution is -0.133. The summed E-state index contributed by atoms with van der Waals surface area (Å²) in [7, 11) is 0. The van der Waals surface area contributed by atoms with E-state index in [4.69, 9.17) is 0 Å². The van der Waals surface area contributed by atoms with E-state index in [0.717, 1.165) is 5.56 Å². The number of amides is 2. The number of rotatable bonds is 6. The summed E-state index contributed by atoms with van der Waals surface area (Å²) in [6.45, 7) is 7.43. The Labute approximate surface area is 126 Å². The van der Waals surface area contributed by atoms with Crippen molar-refractivity contribution >= 4 is 11.8 Å². The Morgan fingerprint density at radius 3 is 2.38 bits per heavy atom. The van der Waals surface area contributed by atoms with E-state index >= 15 is 0 Å². The minimum absolute atomic E-state index is 0.0255. The molecule has 0 radical (unpaired) electrons. The van der Waals surface area contributed by atoms with Crippen molar-refractivity contribution in [2.45, 2.75) is 39.8 Å². The average molecular weight is 292 g/mol. The Hall–Kier alpha value is -1.88. The highest BCUT2D eigenvalue weighted by Crippen LogP contribution is 2.06. The van der Waals surface area contributed by atoms with Crippen molar-refractivity contribution in [2.75, 3.05) is 13.1 Å². The fourth-order valence-electron chi connectivity index (χ4n) is 2.07. The number of aryl methyl sites for hydroxylation is 1. The van der Waals surface area contributed by atoms with Crippen LogP contribution in [-0.4, -0.2) is 47.1 Å². The molecule has 0 saturated heterocycles.